The Hall–Kier alpha value is -1.52. The third-order valence-corrected chi connectivity index (χ3v) is 5.53. The molecule has 1 unspecified atom stereocenters. The fourth-order valence-corrected chi connectivity index (χ4v) is 4.12. The van der Waals surface area contributed by atoms with E-state index in [1.165, 1.54) is 5.56 Å². The van der Waals surface area contributed by atoms with E-state index in [1.54, 1.807) is 11.4 Å². The summed E-state index contributed by atoms with van der Waals surface area (Å²) in [5, 5.41) is 1.50. The quantitative estimate of drug-likeness (QED) is 0.757. The first-order chi connectivity index (χ1) is 11.7. The number of hydrogen-bond acceptors (Lipinski definition) is 3. The molecule has 2 aromatic rings. The van der Waals surface area contributed by atoms with Crippen molar-refractivity contribution < 1.29 is 9.18 Å². The molecule has 3 rings (SSSR count). The van der Waals surface area contributed by atoms with Crippen LogP contribution in [-0.2, 0) is 17.8 Å². The molecule has 1 aromatic heterocycles. The van der Waals surface area contributed by atoms with Crippen molar-refractivity contribution in [1.29, 1.82) is 0 Å². The van der Waals surface area contributed by atoms with Crippen LogP contribution < -0.4 is 0 Å². The Kier molecular flexibility index (Phi) is 6.16. The van der Waals surface area contributed by atoms with Crippen LogP contribution in [-0.4, -0.2) is 23.8 Å². The summed E-state index contributed by atoms with van der Waals surface area (Å²) in [6, 6.07) is 12.3. The van der Waals surface area contributed by atoms with E-state index in [4.69, 9.17) is 0 Å². The van der Waals surface area contributed by atoms with Gasteiger partial charge in [0.25, 0.3) is 0 Å². The average Bonchev–Trinajstić information content (AvgIpc) is 2.84. The molecule has 1 aliphatic rings. The van der Waals surface area contributed by atoms with Crippen LogP contribution >= 0.6 is 11.3 Å². The molecule has 0 bridgehead atoms. The number of thiophene rings is 1. The van der Waals surface area contributed by atoms with E-state index in [9.17, 15) is 9.18 Å². The first kappa shape index (κ1) is 17.3. The largest absolute Gasteiger partial charge is 0.299 e. The number of rotatable bonds is 6. The third-order valence-electron chi connectivity index (χ3n) is 4.79. The number of carbonyl (C=O) groups excluding carboxylic acids is 1. The zero-order chi connectivity index (χ0) is 16.8. The predicted molar refractivity (Wildman–Crippen MR) is 96.7 cm³/mol. The molecule has 128 valence electrons. The Balaban J connectivity index is 1.47. The van der Waals surface area contributed by atoms with E-state index < -0.39 is 0 Å². The highest BCUT2D eigenvalue weighted by atomic mass is 32.1. The van der Waals surface area contributed by atoms with Crippen LogP contribution in [0.1, 0.15) is 36.8 Å². The first-order valence-electron chi connectivity index (χ1n) is 8.70. The van der Waals surface area contributed by atoms with Gasteiger partial charge in [-0.25, -0.2) is 0 Å². The van der Waals surface area contributed by atoms with Crippen molar-refractivity contribution in [2.45, 2.75) is 38.6 Å². The molecular formula is C20H24FNOS. The normalized spacial score (nSPS) is 19.1. The van der Waals surface area contributed by atoms with Crippen LogP contribution in [0.5, 0.6) is 0 Å². The first-order valence-corrected chi connectivity index (χ1v) is 9.58. The minimum atomic E-state index is -0.210. The lowest BCUT2D eigenvalue weighted by atomic mass is 9.93. The van der Waals surface area contributed by atoms with Gasteiger partial charge in [-0.05, 0) is 55.3 Å². The summed E-state index contributed by atoms with van der Waals surface area (Å²) in [7, 11) is 0. The molecule has 1 aromatic carbocycles. The second-order valence-electron chi connectivity index (χ2n) is 6.70. The van der Waals surface area contributed by atoms with Gasteiger partial charge in [0.1, 0.15) is 5.78 Å². The zero-order valence-electron chi connectivity index (χ0n) is 13.9. The van der Waals surface area contributed by atoms with Crippen molar-refractivity contribution in [3.63, 3.8) is 0 Å². The molecule has 0 radical (unpaired) electrons. The Morgan fingerprint density at radius 2 is 2.00 bits per heavy atom. The van der Waals surface area contributed by atoms with Gasteiger partial charge in [-0.3, -0.25) is 9.69 Å². The van der Waals surface area contributed by atoms with E-state index in [0.29, 0.717) is 17.9 Å². The van der Waals surface area contributed by atoms with E-state index in [2.05, 4.69) is 29.2 Å². The van der Waals surface area contributed by atoms with Crippen LogP contribution in [0, 0.1) is 11.0 Å². The lowest BCUT2D eigenvalue weighted by Crippen LogP contribution is -2.24. The molecule has 0 N–H and O–H groups in total. The average molecular weight is 345 g/mol. The fraction of sp³-hybridized carbons (Fsp3) is 0.450. The zero-order valence-corrected chi connectivity index (χ0v) is 14.7. The maximum Gasteiger partial charge on any atom is 0.180 e. The molecule has 0 saturated carbocycles. The number of benzene rings is 1. The maximum atomic E-state index is 13.5. The molecule has 24 heavy (non-hydrogen) atoms. The summed E-state index contributed by atoms with van der Waals surface area (Å²) < 4.78 is 13.5. The minimum Gasteiger partial charge on any atom is -0.299 e. The van der Waals surface area contributed by atoms with Crippen LogP contribution in [0.25, 0.3) is 0 Å². The summed E-state index contributed by atoms with van der Waals surface area (Å²) in [4.78, 5) is 14.7. The highest BCUT2D eigenvalue weighted by Crippen LogP contribution is 2.23. The molecule has 2 nitrogen and oxygen atoms in total. The molecule has 0 amide bonds. The summed E-state index contributed by atoms with van der Waals surface area (Å²) >= 11 is 1.07. The molecule has 2 heterocycles. The van der Waals surface area contributed by atoms with Crippen molar-refractivity contribution in [2.24, 2.45) is 5.92 Å². The van der Waals surface area contributed by atoms with Crippen molar-refractivity contribution in [3.8, 4) is 0 Å². The second kappa shape index (κ2) is 8.54. The van der Waals surface area contributed by atoms with Gasteiger partial charge in [0.05, 0.1) is 0 Å². The second-order valence-corrected chi connectivity index (χ2v) is 7.56. The van der Waals surface area contributed by atoms with Gasteiger partial charge in [0.2, 0.25) is 0 Å². The lowest BCUT2D eigenvalue weighted by Gasteiger charge is -2.20. The summed E-state index contributed by atoms with van der Waals surface area (Å²) in [5.74, 6) is 0.619. The van der Waals surface area contributed by atoms with E-state index in [-0.39, 0.29) is 17.3 Å². The molecule has 4 heteroatoms. The number of carbonyl (C=O) groups is 1. The topological polar surface area (TPSA) is 20.3 Å². The molecule has 1 saturated heterocycles. The number of Topliss-reactive ketones (excluding diaryl/α,β-unsaturated/α-hetero) is 1. The van der Waals surface area contributed by atoms with Gasteiger partial charge in [-0.1, -0.05) is 30.3 Å². The van der Waals surface area contributed by atoms with Gasteiger partial charge >= 0.3 is 0 Å². The highest BCUT2D eigenvalue weighted by molar-refractivity contribution is 7.08. The van der Waals surface area contributed by atoms with Crippen LogP contribution in [0.2, 0.25) is 0 Å². The van der Waals surface area contributed by atoms with Crippen molar-refractivity contribution in [1.82, 2.24) is 4.90 Å². The third kappa shape index (κ3) is 4.99. The number of halogens is 1. The molecule has 1 fully saturated rings. The Labute approximate surface area is 147 Å². The Bertz CT molecular complexity index is 655. The standard InChI is InChI=1S/C20H24FNOS/c21-20-18(9-12-24-20)14-19(23)13-16-7-4-10-22(11-8-16)15-17-5-2-1-3-6-17/h1-3,5-6,9,12,16H,4,7-8,10-11,13-15H2. The number of nitrogens with zero attached hydrogens (tertiary/aromatic N) is 1. The number of likely N-dealkylation sites (tertiary alicyclic amines) is 1. The van der Waals surface area contributed by atoms with E-state index in [0.717, 1.165) is 50.2 Å². The monoisotopic (exact) mass is 345 g/mol. The van der Waals surface area contributed by atoms with E-state index in [1.807, 2.05) is 6.07 Å². The summed E-state index contributed by atoms with van der Waals surface area (Å²) in [6.07, 6.45) is 4.14. The van der Waals surface area contributed by atoms with Crippen LogP contribution in [0.4, 0.5) is 4.39 Å². The predicted octanol–water partition coefficient (Wildman–Crippen LogP) is 4.69. The lowest BCUT2D eigenvalue weighted by molar-refractivity contribution is -0.119. The highest BCUT2D eigenvalue weighted by Gasteiger charge is 2.20. The SMILES string of the molecule is O=C(Cc1ccsc1F)CC1CCCN(Cc2ccccc2)CC1. The molecular weight excluding hydrogens is 321 g/mol. The molecule has 0 spiro atoms. The summed E-state index contributed by atoms with van der Waals surface area (Å²) in [5.41, 5.74) is 1.91. The van der Waals surface area contributed by atoms with E-state index >= 15 is 0 Å². The van der Waals surface area contributed by atoms with Crippen LogP contribution in [0.3, 0.4) is 0 Å². The fourth-order valence-electron chi connectivity index (χ4n) is 3.48. The minimum absolute atomic E-state index is 0.175. The summed E-state index contributed by atoms with van der Waals surface area (Å²) in [6.45, 7) is 3.13. The Morgan fingerprint density at radius 1 is 1.17 bits per heavy atom. The Morgan fingerprint density at radius 3 is 2.75 bits per heavy atom. The van der Waals surface area contributed by atoms with Crippen molar-refractivity contribution >= 4 is 17.1 Å². The smallest absolute Gasteiger partial charge is 0.180 e. The molecule has 1 aliphatic heterocycles. The maximum absolute atomic E-state index is 13.5. The van der Waals surface area contributed by atoms with Crippen LogP contribution in [0.15, 0.2) is 41.8 Å². The van der Waals surface area contributed by atoms with Gasteiger partial charge in [0.15, 0.2) is 5.13 Å². The van der Waals surface area contributed by atoms with Crippen molar-refractivity contribution in [3.05, 3.63) is 58.0 Å². The van der Waals surface area contributed by atoms with Gasteiger partial charge in [-0.2, -0.15) is 4.39 Å². The van der Waals surface area contributed by atoms with Gasteiger partial charge < -0.3 is 0 Å². The molecule has 0 aliphatic carbocycles. The van der Waals surface area contributed by atoms with Gasteiger partial charge in [-0.15, -0.1) is 11.3 Å². The van der Waals surface area contributed by atoms with Gasteiger partial charge in [0, 0.05) is 24.9 Å². The number of ketones is 1. The molecule has 1 atom stereocenters. The number of hydrogen-bond donors (Lipinski definition) is 0. The van der Waals surface area contributed by atoms with Crippen molar-refractivity contribution in [2.75, 3.05) is 13.1 Å².